The van der Waals surface area contributed by atoms with Crippen LogP contribution in [0.4, 0.5) is 0 Å². The van der Waals surface area contributed by atoms with Gasteiger partial charge in [0.05, 0.1) is 11.5 Å². The number of benzene rings is 1. The van der Waals surface area contributed by atoms with Crippen LogP contribution in [0.2, 0.25) is 0 Å². The maximum Gasteiger partial charge on any atom is 0.249 e. The summed E-state index contributed by atoms with van der Waals surface area (Å²) in [5, 5.41) is 15.5. The molecule has 0 bridgehead atoms. The molecule has 49 heavy (non-hydrogen) atoms. The van der Waals surface area contributed by atoms with Crippen LogP contribution in [0.5, 0.6) is 0 Å². The lowest BCUT2D eigenvalue weighted by Crippen LogP contribution is -2.67. The Bertz CT molecular complexity index is 1610. The first-order valence-electron chi connectivity index (χ1n) is 20.2. The molecule has 6 aliphatic carbocycles. The molecule has 1 aliphatic heterocycles. The van der Waals surface area contributed by atoms with Gasteiger partial charge in [-0.15, -0.1) is 0 Å². The lowest BCUT2D eigenvalue weighted by molar-refractivity contribution is -0.249. The highest BCUT2D eigenvalue weighted by Crippen LogP contribution is 2.79. The van der Waals surface area contributed by atoms with E-state index in [1.165, 1.54) is 51.4 Å². The number of fused-ring (bicyclic) bond motifs is 7. The standard InChI is InChI=1S/C43H61N3O3/c1-38(2)31-17-20-42(6)32(40(31,4)19-18-33(38)47)15-14-29-34-28(39(3)22-23-39)16-21-43(34,25-24-41(29,42)5)37(48)46-26-10-13-30(46)36-44-35(45-49-36)27-11-8-7-9-12-27/h7-9,11-12,28-34,47H,10,13-26H2,1-6H3/t28?,29-,30-,31+,32-,33+,34-,40+,41-,42-,43+/m1/s1. The van der Waals surface area contributed by atoms with Crippen LogP contribution in [0.15, 0.2) is 34.9 Å². The van der Waals surface area contributed by atoms with Gasteiger partial charge in [0.2, 0.25) is 17.6 Å². The van der Waals surface area contributed by atoms with Gasteiger partial charge in [0.25, 0.3) is 0 Å². The molecule has 11 atom stereocenters. The molecule has 6 saturated carbocycles. The number of aromatic nitrogens is 2. The molecule has 2 aromatic rings. The molecule has 2 heterocycles. The van der Waals surface area contributed by atoms with Gasteiger partial charge in [-0.25, -0.2) is 0 Å². The summed E-state index contributed by atoms with van der Waals surface area (Å²) in [4.78, 5) is 22.6. The maximum atomic E-state index is 15.5. The average Bonchev–Trinajstić information content (AvgIpc) is 3.48. The molecule has 1 aromatic carbocycles. The predicted octanol–water partition coefficient (Wildman–Crippen LogP) is 9.64. The van der Waals surface area contributed by atoms with Crippen molar-refractivity contribution in [3.63, 3.8) is 0 Å². The number of nitrogens with zero attached hydrogens (tertiary/aromatic N) is 3. The minimum atomic E-state index is -0.271. The van der Waals surface area contributed by atoms with Crippen molar-refractivity contribution in [2.24, 2.45) is 62.1 Å². The maximum absolute atomic E-state index is 15.5. The quantitative estimate of drug-likeness (QED) is 0.351. The highest BCUT2D eigenvalue weighted by atomic mass is 16.5. The second-order valence-electron chi connectivity index (χ2n) is 20.0. The van der Waals surface area contributed by atoms with Gasteiger partial charge in [-0.05, 0) is 147 Å². The number of amides is 1. The van der Waals surface area contributed by atoms with Crippen LogP contribution in [0.1, 0.15) is 143 Å². The Labute approximate surface area is 294 Å². The first kappa shape index (κ1) is 32.7. The van der Waals surface area contributed by atoms with Crippen molar-refractivity contribution in [2.45, 2.75) is 144 Å². The molecule has 266 valence electrons. The number of carbonyl (C=O) groups is 1. The number of likely N-dealkylation sites (tertiary alicyclic amines) is 1. The van der Waals surface area contributed by atoms with Gasteiger partial charge < -0.3 is 14.5 Å². The van der Waals surface area contributed by atoms with E-state index >= 15 is 4.79 Å². The van der Waals surface area contributed by atoms with E-state index in [-0.39, 0.29) is 39.2 Å². The summed E-state index contributed by atoms with van der Waals surface area (Å²) in [6.45, 7) is 16.1. The fraction of sp³-hybridized carbons (Fsp3) is 0.791. The normalized spacial score (nSPS) is 46.3. The van der Waals surface area contributed by atoms with Crippen LogP contribution in [-0.2, 0) is 4.79 Å². The summed E-state index contributed by atoms with van der Waals surface area (Å²) in [6, 6.07) is 9.93. The Kier molecular flexibility index (Phi) is 7.12. The molecule has 1 N–H and O–H groups in total. The molecular weight excluding hydrogens is 606 g/mol. The van der Waals surface area contributed by atoms with Gasteiger partial charge in [0.15, 0.2) is 0 Å². The Balaban J connectivity index is 1.06. The molecule has 1 amide bonds. The van der Waals surface area contributed by atoms with E-state index in [1.54, 1.807) is 0 Å². The van der Waals surface area contributed by atoms with Crippen molar-refractivity contribution in [1.29, 1.82) is 0 Å². The number of aliphatic hydroxyl groups excluding tert-OH is 1. The zero-order valence-corrected chi connectivity index (χ0v) is 31.1. The molecule has 1 saturated heterocycles. The molecule has 7 fully saturated rings. The number of carbonyl (C=O) groups excluding carboxylic acids is 1. The fourth-order valence-corrected chi connectivity index (χ4v) is 14.9. The highest BCUT2D eigenvalue weighted by molar-refractivity contribution is 5.84. The SMILES string of the molecule is CC1(C2CC[C@]3(C(=O)N4CCC[C@@H]4c4nc(-c5ccccc5)no4)CC[C@]4(C)[C@H](CC[C@@H]5[C@@]6(C)CC[C@H](O)C(C)(C)[C@@H]6CC[C@]54C)[C@@H]23)CC1. The highest BCUT2D eigenvalue weighted by Gasteiger charge is 2.73. The Morgan fingerprint density at radius 1 is 0.796 bits per heavy atom. The van der Waals surface area contributed by atoms with E-state index in [9.17, 15) is 5.11 Å². The van der Waals surface area contributed by atoms with Gasteiger partial charge in [0.1, 0.15) is 6.04 Å². The largest absolute Gasteiger partial charge is 0.393 e. The molecule has 1 unspecified atom stereocenters. The van der Waals surface area contributed by atoms with Crippen LogP contribution in [0, 0.1) is 62.1 Å². The smallest absolute Gasteiger partial charge is 0.249 e. The van der Waals surface area contributed by atoms with E-state index in [0.717, 1.165) is 50.6 Å². The van der Waals surface area contributed by atoms with E-state index in [0.29, 0.717) is 52.6 Å². The van der Waals surface area contributed by atoms with Crippen molar-refractivity contribution in [1.82, 2.24) is 15.0 Å². The van der Waals surface area contributed by atoms with Crippen LogP contribution >= 0.6 is 0 Å². The number of hydrogen-bond donors (Lipinski definition) is 1. The summed E-state index contributed by atoms with van der Waals surface area (Å²) < 4.78 is 5.94. The topological polar surface area (TPSA) is 79.5 Å². The van der Waals surface area contributed by atoms with E-state index in [2.05, 4.69) is 51.6 Å². The molecule has 7 aliphatic rings. The van der Waals surface area contributed by atoms with Crippen molar-refractivity contribution in [3.05, 3.63) is 36.2 Å². The van der Waals surface area contributed by atoms with Gasteiger partial charge in [0, 0.05) is 12.1 Å². The third-order valence-corrected chi connectivity index (χ3v) is 18.0. The Morgan fingerprint density at radius 3 is 2.33 bits per heavy atom. The van der Waals surface area contributed by atoms with Gasteiger partial charge in [-0.2, -0.15) is 4.98 Å². The van der Waals surface area contributed by atoms with Gasteiger partial charge in [-0.1, -0.05) is 77.0 Å². The zero-order valence-electron chi connectivity index (χ0n) is 31.1. The predicted molar refractivity (Wildman–Crippen MR) is 191 cm³/mol. The molecule has 9 rings (SSSR count). The van der Waals surface area contributed by atoms with Crippen LogP contribution < -0.4 is 0 Å². The van der Waals surface area contributed by atoms with Crippen molar-refractivity contribution in [3.8, 4) is 11.4 Å². The van der Waals surface area contributed by atoms with Gasteiger partial charge >= 0.3 is 0 Å². The van der Waals surface area contributed by atoms with Crippen molar-refractivity contribution >= 4 is 5.91 Å². The third kappa shape index (κ3) is 4.31. The second-order valence-corrected chi connectivity index (χ2v) is 20.0. The number of rotatable bonds is 4. The molecule has 0 radical (unpaired) electrons. The minimum Gasteiger partial charge on any atom is -0.393 e. The summed E-state index contributed by atoms with van der Waals surface area (Å²) in [7, 11) is 0. The van der Waals surface area contributed by atoms with Gasteiger partial charge in [-0.3, -0.25) is 4.79 Å². The Morgan fingerprint density at radius 2 is 1.57 bits per heavy atom. The minimum absolute atomic E-state index is 0.0240. The van der Waals surface area contributed by atoms with Crippen LogP contribution in [-0.4, -0.2) is 38.7 Å². The summed E-state index contributed by atoms with van der Waals surface area (Å²) in [5.74, 6) is 4.61. The lowest BCUT2D eigenvalue weighted by atomic mass is 9.32. The molecular formula is C43H61N3O3. The molecule has 1 aromatic heterocycles. The monoisotopic (exact) mass is 667 g/mol. The summed E-state index contributed by atoms with van der Waals surface area (Å²) >= 11 is 0. The van der Waals surface area contributed by atoms with E-state index in [1.807, 2.05) is 30.3 Å². The average molecular weight is 668 g/mol. The van der Waals surface area contributed by atoms with Crippen LogP contribution in [0.25, 0.3) is 11.4 Å². The lowest BCUT2D eigenvalue weighted by Gasteiger charge is -2.73. The Hall–Kier alpha value is -2.21. The van der Waals surface area contributed by atoms with Crippen LogP contribution in [0.3, 0.4) is 0 Å². The summed E-state index contributed by atoms with van der Waals surface area (Å²) in [6.07, 6.45) is 16.0. The first-order chi connectivity index (χ1) is 23.3. The molecule has 6 nitrogen and oxygen atoms in total. The third-order valence-electron chi connectivity index (χ3n) is 18.0. The van der Waals surface area contributed by atoms with E-state index in [4.69, 9.17) is 9.51 Å². The van der Waals surface area contributed by atoms with Crippen molar-refractivity contribution in [2.75, 3.05) is 6.54 Å². The van der Waals surface area contributed by atoms with E-state index < -0.39 is 0 Å². The molecule has 6 heteroatoms. The first-order valence-corrected chi connectivity index (χ1v) is 20.2. The molecule has 0 spiro atoms. The fourth-order valence-electron chi connectivity index (χ4n) is 14.9. The summed E-state index contributed by atoms with van der Waals surface area (Å²) in [5.41, 5.74) is 1.83. The second kappa shape index (κ2) is 10.7. The number of hydrogen-bond acceptors (Lipinski definition) is 5. The van der Waals surface area contributed by atoms with Crippen molar-refractivity contribution < 1.29 is 14.4 Å². The number of aliphatic hydroxyl groups is 1. The zero-order chi connectivity index (χ0) is 34.2.